The lowest BCUT2D eigenvalue weighted by molar-refractivity contribution is -0.140. The first-order valence-electron chi connectivity index (χ1n) is 8.72. The highest BCUT2D eigenvalue weighted by molar-refractivity contribution is 5.92. The van der Waals surface area contributed by atoms with E-state index in [4.69, 9.17) is 14.2 Å². The number of aromatic nitrogens is 3. The van der Waals surface area contributed by atoms with Crippen LogP contribution in [0.1, 0.15) is 32.4 Å². The minimum Gasteiger partial charge on any atom is -0.493 e. The highest BCUT2D eigenvalue weighted by Crippen LogP contribution is 2.38. The van der Waals surface area contributed by atoms with E-state index in [1.165, 1.54) is 6.33 Å². The van der Waals surface area contributed by atoms with Gasteiger partial charge in [0.15, 0.2) is 11.5 Å². The Morgan fingerprint density at radius 1 is 1.26 bits per heavy atom. The van der Waals surface area contributed by atoms with Crippen LogP contribution in [0.3, 0.4) is 0 Å². The van der Waals surface area contributed by atoms with Crippen molar-refractivity contribution in [3.05, 3.63) is 41.4 Å². The van der Waals surface area contributed by atoms with Crippen molar-refractivity contribution in [1.82, 2.24) is 14.8 Å². The number of nitrogens with zero attached hydrogens (tertiary/aromatic N) is 3. The van der Waals surface area contributed by atoms with Gasteiger partial charge in [0.25, 0.3) is 0 Å². The summed E-state index contributed by atoms with van der Waals surface area (Å²) in [6, 6.07) is 5.04. The SMILES string of the molecule is COc1ccc([C@H]2C(C(=O)OCC(C)C)=C(C)Nc3ncnn32)cc1OC. The first-order valence-corrected chi connectivity index (χ1v) is 8.72. The van der Waals surface area contributed by atoms with Crippen LogP contribution >= 0.6 is 0 Å². The molecule has 1 aliphatic heterocycles. The maximum atomic E-state index is 12.9. The maximum Gasteiger partial charge on any atom is 0.338 e. The van der Waals surface area contributed by atoms with Crippen LogP contribution in [0.25, 0.3) is 0 Å². The van der Waals surface area contributed by atoms with Crippen molar-refractivity contribution in [1.29, 1.82) is 0 Å². The second-order valence-electron chi connectivity index (χ2n) is 6.70. The van der Waals surface area contributed by atoms with Gasteiger partial charge in [-0.15, -0.1) is 0 Å². The first-order chi connectivity index (χ1) is 13.0. The molecule has 0 saturated carbocycles. The average Bonchev–Trinajstić information content (AvgIpc) is 3.12. The van der Waals surface area contributed by atoms with Crippen molar-refractivity contribution in [2.45, 2.75) is 26.8 Å². The lowest BCUT2D eigenvalue weighted by Crippen LogP contribution is -2.30. The summed E-state index contributed by atoms with van der Waals surface area (Å²) in [5.41, 5.74) is 1.99. The molecule has 1 aliphatic rings. The molecule has 1 aromatic heterocycles. The zero-order chi connectivity index (χ0) is 19.6. The third-order valence-corrected chi connectivity index (χ3v) is 4.29. The number of carbonyl (C=O) groups is 1. The number of hydrogen-bond donors (Lipinski definition) is 1. The Morgan fingerprint density at radius 3 is 2.67 bits per heavy atom. The van der Waals surface area contributed by atoms with E-state index in [9.17, 15) is 4.79 Å². The van der Waals surface area contributed by atoms with Crippen molar-refractivity contribution in [2.24, 2.45) is 5.92 Å². The molecular weight excluding hydrogens is 348 g/mol. The number of nitrogens with one attached hydrogen (secondary N) is 1. The molecule has 8 nitrogen and oxygen atoms in total. The van der Waals surface area contributed by atoms with Gasteiger partial charge in [-0.25, -0.2) is 9.48 Å². The molecule has 0 spiro atoms. The first kappa shape index (κ1) is 18.8. The fourth-order valence-corrected chi connectivity index (χ4v) is 3.01. The Kier molecular flexibility index (Phi) is 5.34. The smallest absolute Gasteiger partial charge is 0.338 e. The fourth-order valence-electron chi connectivity index (χ4n) is 3.01. The Labute approximate surface area is 158 Å². The zero-order valence-electron chi connectivity index (χ0n) is 16.1. The minimum atomic E-state index is -0.483. The predicted octanol–water partition coefficient (Wildman–Crippen LogP) is 2.78. The Bertz CT molecular complexity index is 872. The summed E-state index contributed by atoms with van der Waals surface area (Å²) in [5.74, 6) is 1.61. The van der Waals surface area contributed by atoms with Crippen LogP contribution in [0.5, 0.6) is 11.5 Å². The molecule has 0 bridgehead atoms. The number of methoxy groups -OCH3 is 2. The summed E-state index contributed by atoms with van der Waals surface area (Å²) in [6.45, 7) is 6.17. The molecule has 0 unspecified atom stereocenters. The van der Waals surface area contributed by atoms with Crippen LogP contribution in [0, 0.1) is 5.92 Å². The highest BCUT2D eigenvalue weighted by atomic mass is 16.5. The standard InChI is InChI=1S/C19H24N4O4/c1-11(2)9-27-18(24)16-12(3)22-19-20-10-21-23(19)17(16)13-6-7-14(25-4)15(8-13)26-5/h6-8,10-11,17H,9H2,1-5H3,(H,20,21,22)/t17-/m0/s1. The summed E-state index contributed by atoms with van der Waals surface area (Å²) in [4.78, 5) is 17.1. The molecule has 1 N–H and O–H groups in total. The number of fused-ring (bicyclic) bond motifs is 1. The van der Waals surface area contributed by atoms with Gasteiger partial charge in [0.05, 0.1) is 26.4 Å². The van der Waals surface area contributed by atoms with E-state index in [1.807, 2.05) is 32.9 Å². The molecular formula is C19H24N4O4. The van der Waals surface area contributed by atoms with E-state index >= 15 is 0 Å². The van der Waals surface area contributed by atoms with Gasteiger partial charge < -0.3 is 19.5 Å². The lowest BCUT2D eigenvalue weighted by atomic mass is 9.95. The molecule has 3 rings (SSSR count). The van der Waals surface area contributed by atoms with E-state index in [2.05, 4.69) is 15.4 Å². The van der Waals surface area contributed by atoms with Crippen LogP contribution in [-0.2, 0) is 9.53 Å². The fraction of sp³-hybridized carbons (Fsp3) is 0.421. The predicted molar refractivity (Wildman–Crippen MR) is 99.8 cm³/mol. The van der Waals surface area contributed by atoms with Crippen molar-refractivity contribution in [3.8, 4) is 11.5 Å². The van der Waals surface area contributed by atoms with Gasteiger partial charge in [-0.1, -0.05) is 19.9 Å². The second-order valence-corrected chi connectivity index (χ2v) is 6.70. The van der Waals surface area contributed by atoms with Gasteiger partial charge in [0, 0.05) is 5.70 Å². The normalized spacial score (nSPS) is 16.0. The summed E-state index contributed by atoms with van der Waals surface area (Å²) in [7, 11) is 3.15. The van der Waals surface area contributed by atoms with Gasteiger partial charge in [0.2, 0.25) is 5.95 Å². The molecule has 0 fully saturated rings. The molecule has 1 atom stereocenters. The minimum absolute atomic E-state index is 0.243. The van der Waals surface area contributed by atoms with Gasteiger partial charge in [0.1, 0.15) is 12.4 Å². The quantitative estimate of drug-likeness (QED) is 0.780. The Hall–Kier alpha value is -3.03. The third kappa shape index (κ3) is 3.60. The second kappa shape index (κ2) is 7.69. The Morgan fingerprint density at radius 2 is 2.00 bits per heavy atom. The topological polar surface area (TPSA) is 87.5 Å². The van der Waals surface area contributed by atoms with Crippen LogP contribution < -0.4 is 14.8 Å². The van der Waals surface area contributed by atoms with Crippen molar-refractivity contribution < 1.29 is 19.0 Å². The maximum absolute atomic E-state index is 12.9. The molecule has 2 heterocycles. The van der Waals surface area contributed by atoms with Gasteiger partial charge in [-0.05, 0) is 30.5 Å². The van der Waals surface area contributed by atoms with Crippen LogP contribution in [0.2, 0.25) is 0 Å². The van der Waals surface area contributed by atoms with Crippen LogP contribution in [-0.4, -0.2) is 41.6 Å². The van der Waals surface area contributed by atoms with Crippen molar-refractivity contribution in [2.75, 3.05) is 26.1 Å². The molecule has 0 saturated heterocycles. The highest BCUT2D eigenvalue weighted by Gasteiger charge is 2.34. The van der Waals surface area contributed by atoms with Crippen LogP contribution in [0.15, 0.2) is 35.8 Å². The molecule has 0 amide bonds. The molecule has 8 heteroatoms. The number of rotatable bonds is 6. The number of ether oxygens (including phenoxy) is 3. The summed E-state index contributed by atoms with van der Waals surface area (Å²) in [5, 5.41) is 7.43. The number of benzene rings is 1. The number of carbonyl (C=O) groups excluding carboxylic acids is 1. The summed E-state index contributed by atoms with van der Waals surface area (Å²) < 4.78 is 17.9. The molecule has 0 radical (unpaired) electrons. The molecule has 1 aromatic carbocycles. The van der Waals surface area contributed by atoms with Gasteiger partial charge in [-0.3, -0.25) is 0 Å². The number of anilines is 1. The van der Waals surface area contributed by atoms with Crippen molar-refractivity contribution >= 4 is 11.9 Å². The van der Waals surface area contributed by atoms with E-state index in [0.29, 0.717) is 35.3 Å². The van der Waals surface area contributed by atoms with Gasteiger partial charge >= 0.3 is 5.97 Å². The average molecular weight is 372 g/mol. The third-order valence-electron chi connectivity index (χ3n) is 4.29. The summed E-state index contributed by atoms with van der Waals surface area (Å²) >= 11 is 0. The molecule has 0 aliphatic carbocycles. The number of hydrogen-bond acceptors (Lipinski definition) is 7. The Balaban J connectivity index is 2.07. The zero-order valence-corrected chi connectivity index (χ0v) is 16.1. The molecule has 144 valence electrons. The largest absolute Gasteiger partial charge is 0.493 e. The monoisotopic (exact) mass is 372 g/mol. The van der Waals surface area contributed by atoms with E-state index in [1.54, 1.807) is 25.0 Å². The van der Waals surface area contributed by atoms with E-state index < -0.39 is 6.04 Å². The summed E-state index contributed by atoms with van der Waals surface area (Å²) in [6.07, 6.45) is 1.45. The number of allylic oxidation sites excluding steroid dienone is 1. The van der Waals surface area contributed by atoms with Gasteiger partial charge in [-0.2, -0.15) is 10.1 Å². The van der Waals surface area contributed by atoms with E-state index in [-0.39, 0.29) is 11.9 Å². The van der Waals surface area contributed by atoms with Crippen LogP contribution in [0.4, 0.5) is 5.95 Å². The number of esters is 1. The lowest BCUT2D eigenvalue weighted by Gasteiger charge is -2.28. The molecule has 27 heavy (non-hydrogen) atoms. The van der Waals surface area contributed by atoms with E-state index in [0.717, 1.165) is 5.56 Å². The van der Waals surface area contributed by atoms with Crippen molar-refractivity contribution in [3.63, 3.8) is 0 Å². The molecule has 2 aromatic rings.